The Balaban J connectivity index is 3.28. The fourth-order valence-electron chi connectivity index (χ4n) is 1.86. The van der Waals surface area contributed by atoms with Crippen LogP contribution in [0.4, 0.5) is 5.69 Å². The summed E-state index contributed by atoms with van der Waals surface area (Å²) < 4.78 is 1.43. The van der Waals surface area contributed by atoms with Crippen LogP contribution in [0.5, 0.6) is 0 Å². The van der Waals surface area contributed by atoms with Gasteiger partial charge < -0.3 is 0 Å². The molecule has 0 N–H and O–H groups in total. The van der Waals surface area contributed by atoms with Crippen LogP contribution in [0, 0.1) is 39.7 Å². The van der Waals surface area contributed by atoms with Crippen molar-refractivity contribution in [2.75, 3.05) is 0 Å². The number of nitrogens with zero attached hydrogens (tertiary/aromatic N) is 1. The van der Waals surface area contributed by atoms with Gasteiger partial charge in [0.25, 0.3) is 0 Å². The van der Waals surface area contributed by atoms with Crippen molar-refractivity contribution in [2.24, 2.45) is 10.9 Å². The van der Waals surface area contributed by atoms with E-state index in [-0.39, 0.29) is 0 Å². The molecule has 0 fully saturated rings. The molecule has 0 saturated heterocycles. The molecular formula is C16H22NW-. The van der Waals surface area contributed by atoms with E-state index in [1.807, 2.05) is 0 Å². The summed E-state index contributed by atoms with van der Waals surface area (Å²) in [4.78, 5) is 4.79. The summed E-state index contributed by atoms with van der Waals surface area (Å²) in [5.74, 6) is 0.580. The van der Waals surface area contributed by atoms with Gasteiger partial charge in [0.2, 0.25) is 0 Å². The SMILES string of the molecule is CC(=Nc1[c-]c(C)c(C)c(C)c1C)[C](=[W])C(C)C. The molecule has 0 aliphatic rings. The van der Waals surface area contributed by atoms with E-state index in [1.54, 1.807) is 0 Å². The number of aliphatic imine (C=N–C) groups is 1. The Morgan fingerprint density at radius 1 is 1.06 bits per heavy atom. The van der Waals surface area contributed by atoms with Crippen molar-refractivity contribution in [3.05, 3.63) is 28.3 Å². The molecule has 0 aromatic heterocycles. The Labute approximate surface area is 122 Å². The molecule has 0 radical (unpaired) electrons. The molecule has 1 aromatic carbocycles. The molecule has 0 unspecified atom stereocenters. The minimum absolute atomic E-state index is 0.580. The van der Waals surface area contributed by atoms with Crippen molar-refractivity contribution < 1.29 is 19.4 Å². The first kappa shape index (κ1) is 15.5. The normalized spacial score (nSPS) is 12.1. The average Bonchev–Trinajstić information content (AvgIpc) is 2.32. The maximum atomic E-state index is 4.79. The first-order valence-electron chi connectivity index (χ1n) is 6.34. The van der Waals surface area contributed by atoms with E-state index >= 15 is 0 Å². The van der Waals surface area contributed by atoms with E-state index in [9.17, 15) is 0 Å². The van der Waals surface area contributed by atoms with Gasteiger partial charge in [-0.1, -0.05) is 0 Å². The van der Waals surface area contributed by atoms with Gasteiger partial charge in [0.05, 0.1) is 0 Å². The fraction of sp³-hybridized carbons (Fsp3) is 0.500. The van der Waals surface area contributed by atoms with Gasteiger partial charge in [0, 0.05) is 0 Å². The van der Waals surface area contributed by atoms with E-state index in [2.05, 4.69) is 54.5 Å². The van der Waals surface area contributed by atoms with Crippen LogP contribution in [0.15, 0.2) is 4.99 Å². The number of hydrogen-bond donors (Lipinski definition) is 0. The zero-order valence-electron chi connectivity index (χ0n) is 12.4. The summed E-state index contributed by atoms with van der Waals surface area (Å²) in [6.45, 7) is 15.1. The second-order valence-corrected chi connectivity index (χ2v) is 6.77. The summed E-state index contributed by atoms with van der Waals surface area (Å²) in [5, 5.41) is 0. The standard InChI is InChI=1S/C16H22N.W/c1-10(2)8-12(4)17-16-9-11(3)13(5)14(6)15(16)7;/h10H,1-7H3;/q-1;. The first-order chi connectivity index (χ1) is 8.25. The molecule has 0 bridgehead atoms. The third-order valence-corrected chi connectivity index (χ3v) is 6.26. The maximum absolute atomic E-state index is 4.79. The molecule has 1 rings (SSSR count). The van der Waals surface area contributed by atoms with Gasteiger partial charge in [-0.25, -0.2) is 0 Å². The molecule has 0 saturated carbocycles. The van der Waals surface area contributed by atoms with Gasteiger partial charge >= 0.3 is 122 Å². The molecule has 98 valence electrons. The van der Waals surface area contributed by atoms with E-state index in [0.29, 0.717) is 5.92 Å². The molecule has 18 heavy (non-hydrogen) atoms. The summed E-state index contributed by atoms with van der Waals surface area (Å²) >= 11 is 1.51. The van der Waals surface area contributed by atoms with E-state index in [1.165, 1.54) is 45.5 Å². The van der Waals surface area contributed by atoms with Crippen LogP contribution in [-0.4, -0.2) is 9.61 Å². The Kier molecular flexibility index (Phi) is 5.22. The van der Waals surface area contributed by atoms with Crippen LogP contribution in [0.3, 0.4) is 0 Å². The summed E-state index contributed by atoms with van der Waals surface area (Å²) in [5.41, 5.74) is 7.30. The van der Waals surface area contributed by atoms with E-state index in [4.69, 9.17) is 4.99 Å². The minimum atomic E-state index is 0.580. The zero-order chi connectivity index (χ0) is 14.0. The summed E-state index contributed by atoms with van der Waals surface area (Å²) in [6, 6.07) is 3.42. The first-order valence-corrected chi connectivity index (χ1v) is 7.81. The zero-order valence-corrected chi connectivity index (χ0v) is 15.4. The number of benzene rings is 1. The molecule has 0 aliphatic carbocycles. The topological polar surface area (TPSA) is 12.4 Å². The number of hydrogen-bond acceptors (Lipinski definition) is 1. The molecule has 0 heterocycles. The quantitative estimate of drug-likeness (QED) is 0.522. The van der Waals surface area contributed by atoms with E-state index in [0.717, 1.165) is 11.4 Å². The summed E-state index contributed by atoms with van der Waals surface area (Å²) in [6.07, 6.45) is 0. The average molecular weight is 412 g/mol. The van der Waals surface area contributed by atoms with Gasteiger partial charge in [-0.3, -0.25) is 0 Å². The van der Waals surface area contributed by atoms with E-state index < -0.39 is 0 Å². The van der Waals surface area contributed by atoms with Gasteiger partial charge in [0.1, 0.15) is 0 Å². The second-order valence-electron chi connectivity index (χ2n) is 5.19. The molecule has 0 spiro atoms. The van der Waals surface area contributed by atoms with Gasteiger partial charge in [-0.2, -0.15) is 0 Å². The third-order valence-electron chi connectivity index (χ3n) is 3.51. The molecule has 2 heteroatoms. The molecule has 1 aromatic rings. The van der Waals surface area contributed by atoms with Gasteiger partial charge in [-0.05, 0) is 0 Å². The fourth-order valence-corrected chi connectivity index (χ4v) is 2.02. The second kappa shape index (κ2) is 6.06. The van der Waals surface area contributed by atoms with Gasteiger partial charge in [0.15, 0.2) is 0 Å². The van der Waals surface area contributed by atoms with Gasteiger partial charge in [-0.15, -0.1) is 0 Å². The van der Waals surface area contributed by atoms with Crippen molar-refractivity contribution in [3.63, 3.8) is 0 Å². The van der Waals surface area contributed by atoms with Crippen LogP contribution in [0.25, 0.3) is 0 Å². The Hall–Kier alpha value is -0.552. The van der Waals surface area contributed by atoms with Crippen molar-refractivity contribution in [3.8, 4) is 0 Å². The Bertz CT molecular complexity index is 510. The van der Waals surface area contributed by atoms with Crippen LogP contribution < -0.4 is 0 Å². The van der Waals surface area contributed by atoms with Crippen LogP contribution >= 0.6 is 0 Å². The predicted octanol–water partition coefficient (Wildman–Crippen LogP) is 4.19. The van der Waals surface area contributed by atoms with Crippen LogP contribution in [0.1, 0.15) is 43.0 Å². The molecule has 1 nitrogen and oxygen atoms in total. The predicted molar refractivity (Wildman–Crippen MR) is 76.8 cm³/mol. The third kappa shape index (κ3) is 3.26. The van der Waals surface area contributed by atoms with Crippen LogP contribution in [-0.2, 0) is 19.4 Å². The Morgan fingerprint density at radius 2 is 1.61 bits per heavy atom. The molecular weight excluding hydrogens is 390 g/mol. The monoisotopic (exact) mass is 412 g/mol. The van der Waals surface area contributed by atoms with Crippen molar-refractivity contribution in [2.45, 2.75) is 48.5 Å². The Morgan fingerprint density at radius 3 is 2.11 bits per heavy atom. The summed E-state index contributed by atoms with van der Waals surface area (Å²) in [7, 11) is 0. The number of aryl methyl sites for hydroxylation is 1. The van der Waals surface area contributed by atoms with Crippen molar-refractivity contribution in [1.82, 2.24) is 0 Å². The van der Waals surface area contributed by atoms with Crippen LogP contribution in [0.2, 0.25) is 0 Å². The molecule has 0 amide bonds. The number of rotatable bonds is 3. The van der Waals surface area contributed by atoms with Crippen molar-refractivity contribution in [1.29, 1.82) is 0 Å². The molecule has 0 aliphatic heterocycles. The van der Waals surface area contributed by atoms with Crippen molar-refractivity contribution >= 4 is 15.3 Å². The molecule has 0 atom stereocenters.